The van der Waals surface area contributed by atoms with Crippen LogP contribution in [-0.2, 0) is 81.7 Å². The van der Waals surface area contributed by atoms with Gasteiger partial charge in [0.2, 0.25) is 53.2 Å². The smallest absolute Gasteiger partial charge is 0.243 e. The molecular formula is C89H116ClF3N12O12. The van der Waals surface area contributed by atoms with Crippen LogP contribution in [-0.4, -0.2) is 202 Å². The van der Waals surface area contributed by atoms with E-state index in [1.807, 2.05) is 81.4 Å². The van der Waals surface area contributed by atoms with E-state index < -0.39 is 77.8 Å². The average Bonchev–Trinajstić information content (AvgIpc) is 1.75. The number of carbonyl (C=O) groups excluding carboxylic acids is 9. The van der Waals surface area contributed by atoms with Crippen molar-refractivity contribution in [2.24, 2.45) is 17.8 Å². The third-order valence-corrected chi connectivity index (χ3v) is 22.5. The van der Waals surface area contributed by atoms with E-state index in [2.05, 4.69) is 47.9 Å². The van der Waals surface area contributed by atoms with E-state index in [1.54, 1.807) is 84.4 Å². The summed E-state index contributed by atoms with van der Waals surface area (Å²) >= 11 is 6.03. The quantitative estimate of drug-likeness (QED) is 0.0623. The number of aryl methyl sites for hydroxylation is 3. The molecule has 24 nitrogen and oxygen atoms in total. The Bertz CT molecular complexity index is 4250. The molecule has 28 heteroatoms. The summed E-state index contributed by atoms with van der Waals surface area (Å²) in [5.41, 5.74) is 5.18. The van der Waals surface area contributed by atoms with E-state index in [1.165, 1.54) is 51.1 Å². The predicted octanol–water partition coefficient (Wildman–Crippen LogP) is 8.31. The molecule has 5 aliphatic rings. The number of amides is 9. The average molecular weight is 1640 g/mol. The fourth-order valence-electron chi connectivity index (χ4n) is 14.1. The van der Waals surface area contributed by atoms with Crippen LogP contribution in [0.5, 0.6) is 17.2 Å². The Labute approximate surface area is 690 Å². The number of hydrogen-bond donors (Lipinski definition) is 9. The summed E-state index contributed by atoms with van der Waals surface area (Å²) in [5, 5.41) is 27.9. The Kier molecular flexibility index (Phi) is 34.9. The van der Waals surface area contributed by atoms with Crippen molar-refractivity contribution >= 4 is 64.8 Å². The maximum atomic E-state index is 13.9. The number of nitrogens with one attached hydrogen (secondary N) is 9. The molecule has 2 aliphatic carbocycles. The molecule has 0 aromatic heterocycles. The number of fused-ring (bicyclic) bond motifs is 3. The third-order valence-electron chi connectivity index (χ3n) is 22.2. The van der Waals surface area contributed by atoms with Gasteiger partial charge < -0.3 is 76.8 Å². The molecule has 11 rings (SSSR count). The van der Waals surface area contributed by atoms with Gasteiger partial charge in [-0.05, 0) is 198 Å². The summed E-state index contributed by atoms with van der Waals surface area (Å²) in [6, 6.07) is 32.6. The van der Waals surface area contributed by atoms with E-state index in [0.29, 0.717) is 99.9 Å². The summed E-state index contributed by atoms with van der Waals surface area (Å²) < 4.78 is 59.0. The lowest BCUT2D eigenvalue weighted by atomic mass is 9.97. The second kappa shape index (κ2) is 45.0. The van der Waals surface area contributed by atoms with Crippen molar-refractivity contribution < 1.29 is 70.5 Å². The zero-order chi connectivity index (χ0) is 84.2. The molecule has 2 fully saturated rings. The molecule has 117 heavy (non-hydrogen) atoms. The Hall–Kier alpha value is -10.1. The second-order valence-corrected chi connectivity index (χ2v) is 31.6. The van der Waals surface area contributed by atoms with E-state index in [4.69, 9.17) is 25.8 Å². The summed E-state index contributed by atoms with van der Waals surface area (Å²) in [7, 11) is 4.82. The first-order valence-electron chi connectivity index (χ1n) is 41.0. The number of para-hydroxylation sites is 2. The lowest BCUT2D eigenvalue weighted by Crippen LogP contribution is -2.57. The number of benzene rings is 6. The van der Waals surface area contributed by atoms with Crippen molar-refractivity contribution in [2.75, 3.05) is 73.6 Å². The topological polar surface area (TPSA) is 299 Å². The third kappa shape index (κ3) is 27.8. The van der Waals surface area contributed by atoms with Crippen LogP contribution in [0.15, 0.2) is 140 Å². The maximum Gasteiger partial charge on any atom is 0.243 e. The molecule has 0 radical (unpaired) electrons. The Balaban J connectivity index is 0.000000200. The van der Waals surface area contributed by atoms with Gasteiger partial charge in [0.1, 0.15) is 90.3 Å². The van der Waals surface area contributed by atoms with Crippen LogP contribution in [0, 0.1) is 35.2 Å². The van der Waals surface area contributed by atoms with Crippen LogP contribution >= 0.6 is 11.6 Å². The van der Waals surface area contributed by atoms with Crippen molar-refractivity contribution in [3.8, 4) is 17.2 Å². The molecule has 2 saturated carbocycles. The normalized spacial score (nSPS) is 24.3. The lowest BCUT2D eigenvalue weighted by Gasteiger charge is -2.32. The van der Waals surface area contributed by atoms with Gasteiger partial charge in [0, 0.05) is 90.8 Å². The maximum absolute atomic E-state index is 13.9. The largest absolute Gasteiger partial charge is 0.492 e. The molecule has 0 bridgehead atoms. The van der Waals surface area contributed by atoms with Crippen LogP contribution in [0.25, 0.3) is 0 Å². The van der Waals surface area contributed by atoms with Gasteiger partial charge in [0.05, 0.1) is 18.1 Å². The van der Waals surface area contributed by atoms with E-state index in [0.717, 1.165) is 78.7 Å². The standard InChI is InChI=1S/C30H41ClN4O4.C30H39FN4O4.C29H36F2N4O4/c1-5-20(2)27-30(38)35(4)21(3)28(36)34-25(19-22-12-14-24(31)15-13-22)29(37)33-16-8-10-23-9-6-7-11-26(23)39-18-17-32-27;1-19-18-33-27(23-12-13-23)30(38)35(3)20(2)28(36)34-25(17-21-10-14-24(31)15-11-21)29(37)32-16-6-8-22-7-4-5-9-26(22)39-19;1-18-27(36)34-24(16-19-5-10-22(30)11-6-19)28(37)33-13-3-4-20-9-12-23(31)17-25(20)39-15-14-32-26(21-7-8-21)29(38)35(18)2/h6-7,9,11-15,20-21,25,27,32H,5,8,10,16-19H2,1-4H3,(H,33,37)(H,34,36);4-5,7,9-11,14-15,19-20,23,25,27,33H,6,8,12-13,16-18H2,1-3H3,(H,32,37)(H,34,36);5-6,9-12,17-18,21,24,26,32H,3-4,7-8,13-16H2,1-2H3,(H,33,37)(H,34,36)/t20?,21-,25-,27+;19-,20-,25-,27+;18-,24-,26+/m111/s1. The SMILES string of the molecule is CCC(C)[C@@H]1NCCOc2ccccc2CCCNC(=O)[C@@H](Cc2ccc(Cl)cc2)NC(=O)[C@@H](C)N(C)C1=O.C[C@@H]1C(=O)N[C@H](Cc2ccc(F)cc2)C(=O)NCCCc2ccc(F)cc2OCCN[C@@H](C2CC2)C(=O)N1C.C[C@@H]1CN[C@@H](C2CC2)C(=O)N(C)[C@H](C)C(=O)N[C@H](Cc2ccc(F)cc2)C(=O)NCCCc2ccccc2O1. The molecule has 0 spiro atoms. The molecular weight excluding hydrogens is 1520 g/mol. The van der Waals surface area contributed by atoms with Gasteiger partial charge in [0.25, 0.3) is 0 Å². The molecule has 3 aliphatic heterocycles. The lowest BCUT2D eigenvalue weighted by molar-refractivity contribution is -0.141. The van der Waals surface area contributed by atoms with Gasteiger partial charge >= 0.3 is 0 Å². The van der Waals surface area contributed by atoms with Gasteiger partial charge in [-0.3, -0.25) is 43.2 Å². The molecule has 9 amide bonds. The number of likely N-dealkylation sites (N-methyl/N-ethyl adjacent to an activating group) is 3. The minimum atomic E-state index is -0.921. The molecule has 9 N–H and O–H groups in total. The Morgan fingerprint density at radius 2 is 0.812 bits per heavy atom. The molecule has 0 saturated heterocycles. The van der Waals surface area contributed by atoms with Crippen LogP contribution in [0.4, 0.5) is 13.2 Å². The zero-order valence-corrected chi connectivity index (χ0v) is 69.3. The number of hydrogen-bond acceptors (Lipinski definition) is 15. The monoisotopic (exact) mass is 1640 g/mol. The predicted molar refractivity (Wildman–Crippen MR) is 442 cm³/mol. The van der Waals surface area contributed by atoms with Crippen molar-refractivity contribution in [2.45, 2.75) is 192 Å². The van der Waals surface area contributed by atoms with Crippen LogP contribution in [0.3, 0.4) is 0 Å². The molecule has 3 heterocycles. The summed E-state index contributed by atoms with van der Waals surface area (Å²) in [6.07, 6.45) is 8.96. The molecule has 6 aromatic rings. The number of ether oxygens (including phenoxy) is 3. The van der Waals surface area contributed by atoms with Crippen molar-refractivity contribution in [3.05, 3.63) is 195 Å². The molecule has 632 valence electrons. The number of halogens is 4. The zero-order valence-electron chi connectivity index (χ0n) is 68.6. The number of nitrogens with zero attached hydrogens (tertiary/aromatic N) is 3. The van der Waals surface area contributed by atoms with Gasteiger partial charge in [-0.25, -0.2) is 13.2 Å². The van der Waals surface area contributed by atoms with Crippen molar-refractivity contribution in [3.63, 3.8) is 0 Å². The first kappa shape index (κ1) is 90.8. The minimum absolute atomic E-state index is 0.0523. The minimum Gasteiger partial charge on any atom is -0.492 e. The Morgan fingerprint density at radius 1 is 0.436 bits per heavy atom. The van der Waals surface area contributed by atoms with Crippen LogP contribution < -0.4 is 62.1 Å². The fraction of sp³-hybridized carbons (Fsp3) is 0.494. The fourth-order valence-corrected chi connectivity index (χ4v) is 14.2. The highest BCUT2D eigenvalue weighted by Crippen LogP contribution is 2.35. The van der Waals surface area contributed by atoms with E-state index >= 15 is 0 Å². The highest BCUT2D eigenvalue weighted by atomic mass is 35.5. The molecule has 11 atom stereocenters. The highest BCUT2D eigenvalue weighted by molar-refractivity contribution is 6.30. The second-order valence-electron chi connectivity index (χ2n) is 31.1. The van der Waals surface area contributed by atoms with Gasteiger partial charge in [-0.2, -0.15) is 0 Å². The van der Waals surface area contributed by atoms with Crippen LogP contribution in [0.2, 0.25) is 5.02 Å². The van der Waals surface area contributed by atoms with Crippen LogP contribution in [0.1, 0.15) is 126 Å². The van der Waals surface area contributed by atoms with Gasteiger partial charge in [0.15, 0.2) is 0 Å². The van der Waals surface area contributed by atoms with E-state index in [9.17, 15) is 56.3 Å². The van der Waals surface area contributed by atoms with Gasteiger partial charge in [-0.1, -0.05) is 111 Å². The first-order chi connectivity index (χ1) is 56.2. The summed E-state index contributed by atoms with van der Waals surface area (Å²) in [5.74, 6) is -1.50. The highest BCUT2D eigenvalue weighted by Gasteiger charge is 2.42. The number of carbonyl (C=O) groups is 9. The van der Waals surface area contributed by atoms with E-state index in [-0.39, 0.29) is 90.5 Å². The van der Waals surface area contributed by atoms with Crippen molar-refractivity contribution in [1.29, 1.82) is 0 Å². The molecule has 6 aromatic carbocycles. The van der Waals surface area contributed by atoms with Gasteiger partial charge in [-0.15, -0.1) is 0 Å². The first-order valence-corrected chi connectivity index (χ1v) is 41.4. The summed E-state index contributed by atoms with van der Waals surface area (Å²) in [4.78, 5) is 124. The number of rotatable bonds is 10. The summed E-state index contributed by atoms with van der Waals surface area (Å²) in [6.45, 7) is 14.2. The Morgan fingerprint density at radius 3 is 1.26 bits per heavy atom. The molecule has 1 unspecified atom stereocenters. The van der Waals surface area contributed by atoms with Crippen molar-refractivity contribution in [1.82, 2.24) is 62.6 Å².